The molecule has 0 saturated heterocycles. The lowest BCUT2D eigenvalue weighted by atomic mass is 9.80. The van der Waals surface area contributed by atoms with E-state index in [4.69, 9.17) is 0 Å². The van der Waals surface area contributed by atoms with Gasteiger partial charge >= 0.3 is 6.18 Å². The van der Waals surface area contributed by atoms with Gasteiger partial charge in [-0.3, -0.25) is 0 Å². The van der Waals surface area contributed by atoms with Crippen LogP contribution in [-0.4, -0.2) is 12.6 Å². The Hall–Kier alpha value is -1.03. The van der Waals surface area contributed by atoms with Gasteiger partial charge in [-0.2, -0.15) is 13.2 Å². The molecule has 0 aliphatic heterocycles. The largest absolute Gasteiger partial charge is 0.416 e. The summed E-state index contributed by atoms with van der Waals surface area (Å²) in [7, 11) is 0. The summed E-state index contributed by atoms with van der Waals surface area (Å²) in [6.45, 7) is 9.26. The van der Waals surface area contributed by atoms with Crippen molar-refractivity contribution in [2.24, 2.45) is 5.41 Å². The lowest BCUT2D eigenvalue weighted by molar-refractivity contribution is -0.137. The van der Waals surface area contributed by atoms with Gasteiger partial charge in [-0.15, -0.1) is 0 Å². The quantitative estimate of drug-likeness (QED) is 0.802. The highest BCUT2D eigenvalue weighted by atomic mass is 19.4. The standard InChI is InChI=1S/C16H24F3N/c1-5-20-12(2)10-15(3,4)11-13-7-6-8-14(9-13)16(17,18)19/h6-9,12,20H,5,10-11H2,1-4H3. The van der Waals surface area contributed by atoms with E-state index in [-0.39, 0.29) is 5.41 Å². The molecular formula is C16H24F3N. The molecule has 1 atom stereocenters. The van der Waals surface area contributed by atoms with Crippen LogP contribution in [0, 0.1) is 5.41 Å². The Balaban J connectivity index is 2.77. The van der Waals surface area contributed by atoms with E-state index in [1.807, 2.05) is 0 Å². The molecule has 0 spiro atoms. The predicted octanol–water partition coefficient (Wildman–Crippen LogP) is 4.66. The van der Waals surface area contributed by atoms with Crippen molar-refractivity contribution >= 4 is 0 Å². The highest BCUT2D eigenvalue weighted by Gasteiger charge is 2.31. The van der Waals surface area contributed by atoms with Gasteiger partial charge in [0.15, 0.2) is 0 Å². The van der Waals surface area contributed by atoms with Crippen molar-refractivity contribution in [1.82, 2.24) is 5.32 Å². The van der Waals surface area contributed by atoms with E-state index in [0.717, 1.165) is 24.6 Å². The number of rotatable bonds is 6. The average Bonchev–Trinajstić information content (AvgIpc) is 2.26. The van der Waals surface area contributed by atoms with Crippen LogP contribution in [0.2, 0.25) is 0 Å². The van der Waals surface area contributed by atoms with Crippen LogP contribution < -0.4 is 5.32 Å². The number of benzene rings is 1. The van der Waals surface area contributed by atoms with Crippen LogP contribution in [0.15, 0.2) is 24.3 Å². The van der Waals surface area contributed by atoms with Crippen LogP contribution in [0.5, 0.6) is 0 Å². The third-order valence-corrected chi connectivity index (χ3v) is 3.35. The molecule has 0 amide bonds. The Bertz CT molecular complexity index is 424. The molecule has 4 heteroatoms. The zero-order valence-corrected chi connectivity index (χ0v) is 12.6. The molecule has 114 valence electrons. The van der Waals surface area contributed by atoms with Gasteiger partial charge in [-0.05, 0) is 43.4 Å². The number of hydrogen-bond acceptors (Lipinski definition) is 1. The summed E-state index contributed by atoms with van der Waals surface area (Å²) in [6, 6.07) is 6.01. The van der Waals surface area contributed by atoms with Crippen LogP contribution in [0.25, 0.3) is 0 Å². The fourth-order valence-electron chi connectivity index (χ4n) is 2.73. The van der Waals surface area contributed by atoms with Gasteiger partial charge in [0.25, 0.3) is 0 Å². The first kappa shape index (κ1) is 17.0. The Morgan fingerprint density at radius 3 is 2.40 bits per heavy atom. The minimum Gasteiger partial charge on any atom is -0.315 e. The molecule has 0 aliphatic rings. The van der Waals surface area contributed by atoms with E-state index in [0.29, 0.717) is 12.5 Å². The average molecular weight is 287 g/mol. The molecule has 0 fully saturated rings. The van der Waals surface area contributed by atoms with Gasteiger partial charge in [-0.1, -0.05) is 39.0 Å². The fraction of sp³-hybridized carbons (Fsp3) is 0.625. The Labute approximate surface area is 119 Å². The van der Waals surface area contributed by atoms with E-state index in [1.54, 1.807) is 6.07 Å². The van der Waals surface area contributed by atoms with E-state index < -0.39 is 11.7 Å². The van der Waals surface area contributed by atoms with E-state index in [1.165, 1.54) is 12.1 Å². The normalized spacial score (nSPS) is 14.3. The van der Waals surface area contributed by atoms with Gasteiger partial charge in [0, 0.05) is 6.04 Å². The second-order valence-corrected chi connectivity index (χ2v) is 6.20. The Morgan fingerprint density at radius 1 is 1.20 bits per heavy atom. The van der Waals surface area contributed by atoms with Crippen LogP contribution >= 0.6 is 0 Å². The summed E-state index contributed by atoms with van der Waals surface area (Å²) in [6.07, 6.45) is -2.69. The van der Waals surface area contributed by atoms with Crippen molar-refractivity contribution < 1.29 is 13.2 Å². The SMILES string of the molecule is CCNC(C)CC(C)(C)Cc1cccc(C(F)(F)F)c1. The third kappa shape index (κ3) is 5.53. The first-order chi connectivity index (χ1) is 9.14. The minimum absolute atomic E-state index is 0.0359. The lowest BCUT2D eigenvalue weighted by Crippen LogP contribution is -2.32. The molecule has 1 nitrogen and oxygen atoms in total. The molecule has 20 heavy (non-hydrogen) atoms. The van der Waals surface area contributed by atoms with Gasteiger partial charge in [0.2, 0.25) is 0 Å². The maximum Gasteiger partial charge on any atom is 0.416 e. The Kier molecular flexibility index (Phi) is 5.63. The topological polar surface area (TPSA) is 12.0 Å². The van der Waals surface area contributed by atoms with Crippen molar-refractivity contribution in [2.45, 2.75) is 52.8 Å². The summed E-state index contributed by atoms with van der Waals surface area (Å²) in [5, 5.41) is 3.34. The van der Waals surface area contributed by atoms with Crippen LogP contribution in [0.3, 0.4) is 0 Å². The summed E-state index contributed by atoms with van der Waals surface area (Å²) in [4.78, 5) is 0. The molecule has 1 unspecified atom stereocenters. The molecule has 0 aliphatic carbocycles. The number of nitrogens with one attached hydrogen (secondary N) is 1. The van der Waals surface area contributed by atoms with Crippen molar-refractivity contribution in [2.75, 3.05) is 6.54 Å². The smallest absolute Gasteiger partial charge is 0.315 e. The van der Waals surface area contributed by atoms with Crippen LogP contribution in [0.4, 0.5) is 13.2 Å². The molecule has 1 rings (SSSR count). The van der Waals surface area contributed by atoms with Crippen molar-refractivity contribution in [3.63, 3.8) is 0 Å². The second kappa shape index (κ2) is 6.61. The molecule has 0 bridgehead atoms. The summed E-state index contributed by atoms with van der Waals surface area (Å²) in [5.41, 5.74) is 0.144. The molecular weight excluding hydrogens is 263 g/mol. The Morgan fingerprint density at radius 2 is 1.85 bits per heavy atom. The molecule has 1 aromatic carbocycles. The number of hydrogen-bond donors (Lipinski definition) is 1. The molecule has 1 aromatic rings. The molecule has 0 radical (unpaired) electrons. The summed E-state index contributed by atoms with van der Waals surface area (Å²) < 4.78 is 38.1. The van der Waals surface area contributed by atoms with Crippen LogP contribution in [0.1, 0.15) is 45.2 Å². The van der Waals surface area contributed by atoms with Crippen LogP contribution in [-0.2, 0) is 12.6 Å². The summed E-state index contributed by atoms with van der Waals surface area (Å²) >= 11 is 0. The monoisotopic (exact) mass is 287 g/mol. The van der Waals surface area contributed by atoms with Gasteiger partial charge < -0.3 is 5.32 Å². The third-order valence-electron chi connectivity index (χ3n) is 3.35. The summed E-state index contributed by atoms with van der Waals surface area (Å²) in [5.74, 6) is 0. The number of halogens is 3. The van der Waals surface area contributed by atoms with Crippen molar-refractivity contribution in [1.29, 1.82) is 0 Å². The van der Waals surface area contributed by atoms with E-state index in [2.05, 4.69) is 33.0 Å². The number of alkyl halides is 3. The second-order valence-electron chi connectivity index (χ2n) is 6.20. The van der Waals surface area contributed by atoms with Crippen molar-refractivity contribution in [3.05, 3.63) is 35.4 Å². The van der Waals surface area contributed by atoms with Gasteiger partial charge in [-0.25, -0.2) is 0 Å². The molecule has 1 N–H and O–H groups in total. The molecule has 0 saturated carbocycles. The fourth-order valence-corrected chi connectivity index (χ4v) is 2.73. The highest BCUT2D eigenvalue weighted by Crippen LogP contribution is 2.32. The maximum atomic E-state index is 12.7. The lowest BCUT2D eigenvalue weighted by Gasteiger charge is -2.29. The van der Waals surface area contributed by atoms with Gasteiger partial charge in [0.05, 0.1) is 5.56 Å². The minimum atomic E-state index is -4.27. The molecule has 0 aromatic heterocycles. The first-order valence-corrected chi connectivity index (χ1v) is 7.03. The first-order valence-electron chi connectivity index (χ1n) is 7.03. The van der Waals surface area contributed by atoms with E-state index in [9.17, 15) is 13.2 Å². The maximum absolute atomic E-state index is 12.7. The molecule has 0 heterocycles. The predicted molar refractivity (Wildman–Crippen MR) is 76.7 cm³/mol. The zero-order chi connectivity index (χ0) is 15.4. The van der Waals surface area contributed by atoms with E-state index >= 15 is 0 Å². The zero-order valence-electron chi connectivity index (χ0n) is 12.6. The van der Waals surface area contributed by atoms with Gasteiger partial charge in [0.1, 0.15) is 0 Å². The van der Waals surface area contributed by atoms with Crippen molar-refractivity contribution in [3.8, 4) is 0 Å². The highest BCUT2D eigenvalue weighted by molar-refractivity contribution is 5.26.